The van der Waals surface area contributed by atoms with Gasteiger partial charge in [-0.05, 0) is 48.2 Å². The molecule has 0 atom stereocenters. The molecule has 0 bridgehead atoms. The molecule has 0 heterocycles. The molecule has 2 aromatic carbocycles. The summed E-state index contributed by atoms with van der Waals surface area (Å²) in [7, 11) is 0. The second-order valence-corrected chi connectivity index (χ2v) is 5.81. The average Bonchev–Trinajstić information content (AvgIpc) is 2.48. The Morgan fingerprint density at radius 1 is 0.714 bits per heavy atom. The van der Waals surface area contributed by atoms with Gasteiger partial charge in [-0.25, -0.2) is 0 Å². The van der Waals surface area contributed by atoms with Gasteiger partial charge in [-0.1, -0.05) is 0 Å². The molecule has 9 heteroatoms. The lowest BCUT2D eigenvalue weighted by Gasteiger charge is -2.03. The fraction of sp³-hybridized carbons (Fsp3) is 0. The molecule has 0 fully saturated rings. The molecule has 0 amide bonds. The van der Waals surface area contributed by atoms with Crippen LogP contribution in [-0.2, 0) is 0 Å². The second-order valence-electron chi connectivity index (χ2n) is 3.79. The van der Waals surface area contributed by atoms with Crippen LogP contribution in [0.5, 0.6) is 0 Å². The van der Waals surface area contributed by atoms with Crippen molar-refractivity contribution in [1.29, 1.82) is 0 Å². The molecule has 0 unspecified atom stereocenters. The molecule has 0 saturated carbocycles. The summed E-state index contributed by atoms with van der Waals surface area (Å²) < 4.78 is 3.01. The summed E-state index contributed by atoms with van der Waals surface area (Å²) in [6, 6.07) is 12.3. The van der Waals surface area contributed by atoms with E-state index in [9.17, 15) is 20.2 Å². The fourth-order valence-electron chi connectivity index (χ4n) is 1.39. The Kier molecular flexibility index (Phi) is 5.14. The minimum absolute atomic E-state index is 0.0439. The fourth-order valence-corrected chi connectivity index (χ4v) is 2.87. The van der Waals surface area contributed by atoms with Crippen LogP contribution in [0.2, 0.25) is 0 Å². The van der Waals surface area contributed by atoms with Gasteiger partial charge in [0.05, 0.1) is 9.85 Å². The first-order valence-corrected chi connectivity index (χ1v) is 7.27. The van der Waals surface area contributed by atoms with Crippen LogP contribution in [0, 0.1) is 20.2 Å². The summed E-state index contributed by atoms with van der Waals surface area (Å²) in [6.45, 7) is 0. The first kappa shape index (κ1) is 15.3. The monoisotopic (exact) mass is 323 g/mol. The summed E-state index contributed by atoms with van der Waals surface area (Å²) in [4.78, 5) is 21.8. The number of benzene rings is 2. The maximum absolute atomic E-state index is 10.5. The average molecular weight is 323 g/mol. The molecule has 0 aliphatic heterocycles. The molecule has 2 rings (SSSR count). The third kappa shape index (κ3) is 4.45. The Morgan fingerprint density at radius 2 is 1.05 bits per heavy atom. The van der Waals surface area contributed by atoms with Gasteiger partial charge in [0.2, 0.25) is 0 Å². The van der Waals surface area contributed by atoms with Crippen molar-refractivity contribution in [2.75, 3.05) is 0 Å². The zero-order valence-corrected chi connectivity index (χ0v) is 12.1. The van der Waals surface area contributed by atoms with Crippen molar-refractivity contribution in [3.8, 4) is 0 Å². The van der Waals surface area contributed by atoms with Crippen LogP contribution in [0.1, 0.15) is 0 Å². The number of nitrogens with zero attached hydrogens (tertiary/aromatic N) is 2. The predicted octanol–water partition coefficient (Wildman–Crippen LogP) is 3.81. The molecular weight excluding hydrogens is 314 g/mol. The number of hydrogen-bond donors (Lipinski definition) is 1. The molecule has 0 aromatic heterocycles. The maximum Gasteiger partial charge on any atom is 0.269 e. The van der Waals surface area contributed by atoms with Crippen LogP contribution in [0.4, 0.5) is 11.4 Å². The molecule has 21 heavy (non-hydrogen) atoms. The Bertz CT molecular complexity index is 589. The van der Waals surface area contributed by atoms with E-state index in [0.29, 0.717) is 0 Å². The lowest BCUT2D eigenvalue weighted by atomic mass is 10.3. The Balaban J connectivity index is 1.86. The Labute approximate surface area is 128 Å². The zero-order chi connectivity index (χ0) is 15.2. The normalized spacial score (nSPS) is 10.3. The lowest BCUT2D eigenvalue weighted by Crippen LogP contribution is -1.91. The molecule has 0 spiro atoms. The molecule has 108 valence electrons. The number of nitro groups is 2. The Morgan fingerprint density at radius 3 is 1.33 bits per heavy atom. The van der Waals surface area contributed by atoms with E-state index in [2.05, 4.69) is 4.13 Å². The van der Waals surface area contributed by atoms with Crippen molar-refractivity contribution in [1.82, 2.24) is 4.13 Å². The maximum atomic E-state index is 10.5. The minimum atomic E-state index is -0.451. The number of non-ortho nitro benzene ring substituents is 2. The highest BCUT2D eigenvalue weighted by Crippen LogP contribution is 2.25. The van der Waals surface area contributed by atoms with Gasteiger partial charge in [0.1, 0.15) is 0 Å². The summed E-state index contributed by atoms with van der Waals surface area (Å²) in [5, 5.41) is 21.0. The molecule has 0 aliphatic carbocycles. The predicted molar refractivity (Wildman–Crippen MR) is 81.0 cm³/mol. The van der Waals surface area contributed by atoms with Gasteiger partial charge >= 0.3 is 0 Å². The van der Waals surface area contributed by atoms with E-state index in [-0.39, 0.29) is 11.4 Å². The van der Waals surface area contributed by atoms with E-state index >= 15 is 0 Å². The van der Waals surface area contributed by atoms with E-state index in [1.165, 1.54) is 48.2 Å². The second kappa shape index (κ2) is 7.07. The minimum Gasteiger partial charge on any atom is -0.258 e. The van der Waals surface area contributed by atoms with Crippen LogP contribution in [-0.4, -0.2) is 9.85 Å². The summed E-state index contributed by atoms with van der Waals surface area (Å²) in [5.41, 5.74) is 0.0877. The van der Waals surface area contributed by atoms with Gasteiger partial charge in [-0.3, -0.25) is 20.2 Å². The molecule has 0 aliphatic rings. The van der Waals surface area contributed by atoms with Gasteiger partial charge < -0.3 is 0 Å². The van der Waals surface area contributed by atoms with Crippen LogP contribution in [0.15, 0.2) is 58.3 Å². The molecule has 7 nitrogen and oxygen atoms in total. The van der Waals surface area contributed by atoms with Crippen molar-refractivity contribution in [3.05, 3.63) is 68.8 Å². The lowest BCUT2D eigenvalue weighted by molar-refractivity contribution is -0.385. The molecule has 2 aromatic rings. The smallest absolute Gasteiger partial charge is 0.258 e. The first-order chi connectivity index (χ1) is 10.1. The van der Waals surface area contributed by atoms with Crippen molar-refractivity contribution >= 4 is 35.3 Å². The molecular formula is C12H9N3O4S2. The van der Waals surface area contributed by atoms with Gasteiger partial charge in [0, 0.05) is 34.1 Å². The van der Waals surface area contributed by atoms with E-state index in [0.717, 1.165) is 9.79 Å². The van der Waals surface area contributed by atoms with Crippen molar-refractivity contribution in [2.24, 2.45) is 0 Å². The van der Waals surface area contributed by atoms with Crippen molar-refractivity contribution in [3.63, 3.8) is 0 Å². The molecule has 0 radical (unpaired) electrons. The van der Waals surface area contributed by atoms with Gasteiger partial charge in [0.15, 0.2) is 0 Å². The quantitative estimate of drug-likeness (QED) is 0.490. The van der Waals surface area contributed by atoms with Gasteiger partial charge in [0.25, 0.3) is 11.4 Å². The number of nitro benzene ring substituents is 2. The summed E-state index contributed by atoms with van der Waals surface area (Å²) in [6.07, 6.45) is 0. The Hall–Kier alpha value is -2.10. The summed E-state index contributed by atoms with van der Waals surface area (Å²) in [5.74, 6) is 0. The van der Waals surface area contributed by atoms with Crippen molar-refractivity contribution < 1.29 is 9.85 Å². The highest BCUT2D eigenvalue weighted by atomic mass is 32.2. The number of rotatable bonds is 6. The third-order valence-corrected chi connectivity index (χ3v) is 4.10. The number of hydrogen-bond acceptors (Lipinski definition) is 7. The highest BCUT2D eigenvalue weighted by molar-refractivity contribution is 8.12. The molecule has 0 saturated heterocycles. The zero-order valence-electron chi connectivity index (χ0n) is 10.5. The standard InChI is InChI=1S/C12H9N3O4S2/c16-14(17)9-1-5-11(6-2-9)20-13-21-12-7-3-10(4-8-12)15(18)19/h1-8,13H. The first-order valence-electron chi connectivity index (χ1n) is 5.64. The van der Waals surface area contributed by atoms with Crippen LogP contribution in [0.25, 0.3) is 0 Å². The largest absolute Gasteiger partial charge is 0.269 e. The van der Waals surface area contributed by atoms with Crippen LogP contribution < -0.4 is 4.13 Å². The van der Waals surface area contributed by atoms with E-state index < -0.39 is 9.85 Å². The van der Waals surface area contributed by atoms with E-state index in [1.54, 1.807) is 24.3 Å². The molecule has 1 N–H and O–H groups in total. The van der Waals surface area contributed by atoms with Crippen LogP contribution in [0.3, 0.4) is 0 Å². The van der Waals surface area contributed by atoms with E-state index in [4.69, 9.17) is 0 Å². The number of nitrogens with one attached hydrogen (secondary N) is 1. The SMILES string of the molecule is O=[N+]([O-])c1ccc(SNSc2ccc([N+](=O)[O-])cc2)cc1. The highest BCUT2D eigenvalue weighted by Gasteiger charge is 2.06. The third-order valence-electron chi connectivity index (χ3n) is 2.41. The topological polar surface area (TPSA) is 98.3 Å². The van der Waals surface area contributed by atoms with Gasteiger partial charge in [-0.15, -0.1) is 0 Å². The van der Waals surface area contributed by atoms with E-state index in [1.807, 2.05) is 0 Å². The van der Waals surface area contributed by atoms with Gasteiger partial charge in [-0.2, -0.15) is 4.13 Å². The van der Waals surface area contributed by atoms with Crippen molar-refractivity contribution in [2.45, 2.75) is 9.79 Å². The summed E-state index contributed by atoms with van der Waals surface area (Å²) >= 11 is 2.61. The van der Waals surface area contributed by atoms with Crippen LogP contribution >= 0.6 is 23.9 Å².